The SMILES string of the molecule is CC(C)(C)P1C[C@H]2CCCC[C@@H]2C1C1[C@H]2CCCC[C@@H]2CP1C(C)(C)C. The van der Waals surface area contributed by atoms with Crippen molar-refractivity contribution < 1.29 is 0 Å². The lowest BCUT2D eigenvalue weighted by atomic mass is 9.72. The Balaban J connectivity index is 1.72. The molecular formula is C24H44P2. The first kappa shape index (κ1) is 20.1. The Labute approximate surface area is 166 Å². The van der Waals surface area contributed by atoms with Crippen LogP contribution in [0.5, 0.6) is 0 Å². The fourth-order valence-electron chi connectivity index (χ4n) is 7.35. The minimum atomic E-state index is 0.199. The third-order valence-corrected chi connectivity index (χ3v) is 16.7. The van der Waals surface area contributed by atoms with Crippen LogP contribution in [0.3, 0.4) is 0 Å². The van der Waals surface area contributed by atoms with Crippen LogP contribution in [0.25, 0.3) is 0 Å². The van der Waals surface area contributed by atoms with Gasteiger partial charge in [0.2, 0.25) is 0 Å². The van der Waals surface area contributed by atoms with Crippen LogP contribution in [0.1, 0.15) is 92.9 Å². The van der Waals surface area contributed by atoms with Gasteiger partial charge in [-0.25, -0.2) is 0 Å². The van der Waals surface area contributed by atoms with E-state index in [0.717, 1.165) is 35.0 Å². The minimum Gasteiger partial charge on any atom is -0.0968 e. The molecule has 0 bridgehead atoms. The van der Waals surface area contributed by atoms with Crippen molar-refractivity contribution in [2.75, 3.05) is 12.3 Å². The van der Waals surface area contributed by atoms with Gasteiger partial charge < -0.3 is 0 Å². The van der Waals surface area contributed by atoms with Gasteiger partial charge in [0.25, 0.3) is 0 Å². The van der Waals surface area contributed by atoms with Crippen molar-refractivity contribution in [3.05, 3.63) is 0 Å². The second-order valence-electron chi connectivity index (χ2n) is 12.0. The molecular weight excluding hydrogens is 350 g/mol. The third kappa shape index (κ3) is 3.58. The highest BCUT2D eigenvalue weighted by Gasteiger charge is 2.58. The first-order valence-electron chi connectivity index (χ1n) is 11.7. The highest BCUT2D eigenvalue weighted by Crippen LogP contribution is 2.76. The van der Waals surface area contributed by atoms with Gasteiger partial charge in [0.15, 0.2) is 0 Å². The Kier molecular flexibility index (Phi) is 5.64. The van der Waals surface area contributed by atoms with Gasteiger partial charge in [-0.15, -0.1) is 0 Å². The van der Waals surface area contributed by atoms with Crippen molar-refractivity contribution in [1.82, 2.24) is 0 Å². The molecule has 2 saturated carbocycles. The molecule has 26 heavy (non-hydrogen) atoms. The molecule has 4 aliphatic rings. The van der Waals surface area contributed by atoms with Crippen LogP contribution < -0.4 is 0 Å². The molecule has 2 heteroatoms. The molecule has 2 aliphatic carbocycles. The smallest absolute Gasteiger partial charge is 0.0103 e. The predicted octanol–water partition coefficient (Wildman–Crippen LogP) is 7.92. The Morgan fingerprint density at radius 2 is 0.885 bits per heavy atom. The summed E-state index contributed by atoms with van der Waals surface area (Å²) in [5, 5.41) is 1.14. The largest absolute Gasteiger partial charge is 0.0968 e. The van der Waals surface area contributed by atoms with Gasteiger partial charge in [0, 0.05) is 0 Å². The number of hydrogen-bond donors (Lipinski definition) is 0. The first-order valence-corrected chi connectivity index (χ1v) is 14.9. The van der Waals surface area contributed by atoms with Gasteiger partial charge in [0.05, 0.1) is 0 Å². The molecule has 0 amide bonds. The summed E-state index contributed by atoms with van der Waals surface area (Å²) in [4.78, 5) is 0. The number of rotatable bonds is 1. The molecule has 8 atom stereocenters. The van der Waals surface area contributed by atoms with Gasteiger partial charge in [-0.3, -0.25) is 0 Å². The van der Waals surface area contributed by atoms with Crippen molar-refractivity contribution in [2.45, 2.75) is 115 Å². The average molecular weight is 395 g/mol. The van der Waals surface area contributed by atoms with Crippen LogP contribution in [0.4, 0.5) is 0 Å². The normalized spacial score (nSPS) is 46.8. The highest BCUT2D eigenvalue weighted by atomic mass is 31.1. The maximum Gasteiger partial charge on any atom is -0.0103 e. The molecule has 0 nitrogen and oxygen atoms in total. The Hall–Kier alpha value is 0.860. The molecule has 0 aromatic heterocycles. The van der Waals surface area contributed by atoms with Crippen molar-refractivity contribution in [1.29, 1.82) is 0 Å². The van der Waals surface area contributed by atoms with E-state index in [1.54, 1.807) is 50.8 Å². The van der Waals surface area contributed by atoms with Crippen LogP contribution in [-0.4, -0.2) is 34.0 Å². The van der Waals surface area contributed by atoms with Gasteiger partial charge in [-0.2, -0.15) is 0 Å². The molecule has 0 aromatic carbocycles. The molecule has 0 N–H and O–H groups in total. The summed E-state index contributed by atoms with van der Waals surface area (Å²) in [5.74, 6) is 4.45. The molecule has 0 aromatic rings. The van der Waals surface area contributed by atoms with E-state index in [-0.39, 0.29) is 15.8 Å². The van der Waals surface area contributed by atoms with Crippen molar-refractivity contribution in [3.63, 3.8) is 0 Å². The van der Waals surface area contributed by atoms with Crippen LogP contribution >= 0.6 is 15.8 Å². The zero-order valence-electron chi connectivity index (χ0n) is 18.4. The van der Waals surface area contributed by atoms with Crippen LogP contribution in [0, 0.1) is 23.7 Å². The van der Waals surface area contributed by atoms with Crippen molar-refractivity contribution in [2.24, 2.45) is 23.7 Å². The molecule has 4 rings (SSSR count). The Morgan fingerprint density at radius 3 is 1.23 bits per heavy atom. The van der Waals surface area contributed by atoms with E-state index in [0.29, 0.717) is 10.3 Å². The predicted molar refractivity (Wildman–Crippen MR) is 122 cm³/mol. The summed E-state index contributed by atoms with van der Waals surface area (Å²) in [5.41, 5.74) is 2.27. The van der Waals surface area contributed by atoms with Crippen LogP contribution in [0.2, 0.25) is 0 Å². The first-order chi connectivity index (χ1) is 12.2. The molecule has 150 valence electrons. The Bertz CT molecular complexity index is 453. The van der Waals surface area contributed by atoms with Crippen LogP contribution in [-0.2, 0) is 0 Å². The van der Waals surface area contributed by atoms with Crippen molar-refractivity contribution in [3.8, 4) is 0 Å². The van der Waals surface area contributed by atoms with E-state index in [1.165, 1.54) is 12.8 Å². The van der Waals surface area contributed by atoms with Crippen molar-refractivity contribution >= 4 is 15.8 Å². The summed E-state index contributed by atoms with van der Waals surface area (Å²) in [6.45, 7) is 15.6. The summed E-state index contributed by atoms with van der Waals surface area (Å²) < 4.78 is 0. The van der Waals surface area contributed by atoms with Gasteiger partial charge >= 0.3 is 0 Å². The standard InChI is InChI=1S/C24H44P2/c1-23(2,3)25-15-17-11-7-9-13-19(17)21(25)22-20-14-10-8-12-18(20)16-26(22)24(4,5)6/h17-22H,7-16H2,1-6H3/t17-,18-,19+,20+,21?,22?,25?,26?/m1/s1. The molecule has 0 radical (unpaired) electrons. The summed E-state index contributed by atoms with van der Waals surface area (Å²) >= 11 is 0. The molecule has 2 aliphatic heterocycles. The van der Waals surface area contributed by atoms with E-state index in [1.807, 2.05) is 0 Å². The summed E-state index contributed by atoms with van der Waals surface area (Å²) in [6, 6.07) is 0. The van der Waals surface area contributed by atoms with E-state index < -0.39 is 0 Å². The Morgan fingerprint density at radius 1 is 0.538 bits per heavy atom. The topological polar surface area (TPSA) is 0 Å². The second-order valence-corrected chi connectivity index (χ2v) is 18.5. The van der Waals surface area contributed by atoms with Gasteiger partial charge in [-0.05, 0) is 83.3 Å². The van der Waals surface area contributed by atoms with E-state index in [2.05, 4.69) is 41.5 Å². The minimum absolute atomic E-state index is 0.199. The molecule has 2 heterocycles. The fourth-order valence-corrected chi connectivity index (χ4v) is 16.5. The van der Waals surface area contributed by atoms with Gasteiger partial charge in [0.1, 0.15) is 0 Å². The maximum atomic E-state index is 2.61. The quantitative estimate of drug-likeness (QED) is 0.396. The maximum absolute atomic E-state index is 2.61. The lowest BCUT2D eigenvalue weighted by molar-refractivity contribution is 0.221. The monoisotopic (exact) mass is 394 g/mol. The fraction of sp³-hybridized carbons (Fsp3) is 1.00. The molecule has 4 fully saturated rings. The van der Waals surface area contributed by atoms with E-state index >= 15 is 0 Å². The van der Waals surface area contributed by atoms with Crippen LogP contribution in [0.15, 0.2) is 0 Å². The number of hydrogen-bond acceptors (Lipinski definition) is 0. The molecule has 0 spiro atoms. The van der Waals surface area contributed by atoms with E-state index in [9.17, 15) is 0 Å². The zero-order chi connectivity index (χ0) is 18.7. The molecule has 2 saturated heterocycles. The summed E-state index contributed by atoms with van der Waals surface area (Å²) in [7, 11) is 0.398. The highest BCUT2D eigenvalue weighted by molar-refractivity contribution is 7.64. The lowest BCUT2D eigenvalue weighted by Gasteiger charge is -2.47. The third-order valence-electron chi connectivity index (χ3n) is 8.47. The van der Waals surface area contributed by atoms with Gasteiger partial charge in [-0.1, -0.05) is 83.1 Å². The second kappa shape index (κ2) is 7.28. The van der Waals surface area contributed by atoms with E-state index in [4.69, 9.17) is 0 Å². The molecule has 4 unspecified atom stereocenters. The lowest BCUT2D eigenvalue weighted by Crippen LogP contribution is -2.39. The zero-order valence-corrected chi connectivity index (χ0v) is 20.2. The average Bonchev–Trinajstić information content (AvgIpc) is 3.12. The number of fused-ring (bicyclic) bond motifs is 2. The summed E-state index contributed by atoms with van der Waals surface area (Å²) in [6.07, 6.45) is 15.7.